The fourth-order valence-corrected chi connectivity index (χ4v) is 2.76. The van der Waals surface area contributed by atoms with Crippen molar-refractivity contribution in [1.29, 1.82) is 0 Å². The molecular weight excluding hydrogens is 326 g/mol. The smallest absolute Gasteiger partial charge is 0.110 e. The largest absolute Gasteiger partial charge is 0.378 e. The van der Waals surface area contributed by atoms with Crippen molar-refractivity contribution in [3.63, 3.8) is 0 Å². The highest BCUT2D eigenvalue weighted by Gasteiger charge is 2.08. The van der Waals surface area contributed by atoms with Crippen molar-refractivity contribution in [1.82, 2.24) is 9.55 Å². The molecule has 106 valence electrons. The number of imidazole rings is 1. The molecule has 1 aromatic heterocycles. The highest BCUT2D eigenvalue weighted by atomic mass is 79.9. The van der Waals surface area contributed by atoms with Crippen LogP contribution in [0.4, 0.5) is 5.69 Å². The first-order valence-corrected chi connectivity index (χ1v) is 7.62. The van der Waals surface area contributed by atoms with Crippen LogP contribution in [0.5, 0.6) is 0 Å². The van der Waals surface area contributed by atoms with Gasteiger partial charge < -0.3 is 5.32 Å². The summed E-state index contributed by atoms with van der Waals surface area (Å²) < 4.78 is 3.23. The molecule has 0 fully saturated rings. The number of hydrogen-bond donors (Lipinski definition) is 1. The Balaban J connectivity index is 1.86. The quantitative estimate of drug-likeness (QED) is 0.754. The summed E-state index contributed by atoms with van der Waals surface area (Å²) >= 11 is 3.55. The van der Waals surface area contributed by atoms with Crippen LogP contribution >= 0.6 is 15.9 Å². The second-order valence-electron chi connectivity index (χ2n) is 4.80. The molecule has 2 aromatic carbocycles. The van der Waals surface area contributed by atoms with Crippen molar-refractivity contribution in [2.45, 2.75) is 13.5 Å². The van der Waals surface area contributed by atoms with Gasteiger partial charge in [-0.25, -0.2) is 4.98 Å². The molecule has 21 heavy (non-hydrogen) atoms. The standard InChI is InChI=1S/C17H16BrN3/c1-13-19-11-15(21(13)14-7-3-2-4-8-14)12-20-17-10-6-5-9-16(17)18/h2-11,20H,12H2,1H3. The molecule has 0 amide bonds. The molecule has 3 nitrogen and oxygen atoms in total. The molecule has 4 heteroatoms. The lowest BCUT2D eigenvalue weighted by Gasteiger charge is -2.12. The van der Waals surface area contributed by atoms with E-state index in [2.05, 4.69) is 49.0 Å². The van der Waals surface area contributed by atoms with E-state index in [0.29, 0.717) is 0 Å². The minimum Gasteiger partial charge on any atom is -0.378 e. The summed E-state index contributed by atoms with van der Waals surface area (Å²) in [4.78, 5) is 4.44. The highest BCUT2D eigenvalue weighted by molar-refractivity contribution is 9.10. The van der Waals surface area contributed by atoms with E-state index in [0.717, 1.165) is 33.9 Å². The van der Waals surface area contributed by atoms with Crippen molar-refractivity contribution < 1.29 is 0 Å². The summed E-state index contributed by atoms with van der Waals surface area (Å²) in [6.45, 7) is 2.74. The van der Waals surface area contributed by atoms with Crippen molar-refractivity contribution in [3.8, 4) is 5.69 Å². The predicted molar refractivity (Wildman–Crippen MR) is 89.8 cm³/mol. The highest BCUT2D eigenvalue weighted by Crippen LogP contribution is 2.22. The predicted octanol–water partition coefficient (Wildman–Crippen LogP) is 4.56. The average Bonchev–Trinajstić information content (AvgIpc) is 2.88. The number of aromatic nitrogens is 2. The lowest BCUT2D eigenvalue weighted by molar-refractivity contribution is 0.900. The Kier molecular flexibility index (Phi) is 4.06. The second kappa shape index (κ2) is 6.14. The maximum atomic E-state index is 4.44. The van der Waals surface area contributed by atoms with Gasteiger partial charge in [-0.05, 0) is 47.1 Å². The molecule has 0 atom stereocenters. The minimum absolute atomic E-state index is 0.721. The van der Waals surface area contributed by atoms with Crippen LogP contribution in [0.15, 0.2) is 65.3 Å². The fourth-order valence-electron chi connectivity index (χ4n) is 2.34. The van der Waals surface area contributed by atoms with Gasteiger partial charge in [-0.1, -0.05) is 30.3 Å². The normalized spacial score (nSPS) is 10.6. The topological polar surface area (TPSA) is 29.9 Å². The average molecular weight is 342 g/mol. The van der Waals surface area contributed by atoms with Gasteiger partial charge >= 0.3 is 0 Å². The Hall–Kier alpha value is -2.07. The van der Waals surface area contributed by atoms with Crippen molar-refractivity contribution in [2.24, 2.45) is 0 Å². The van der Waals surface area contributed by atoms with Gasteiger partial charge in [0.2, 0.25) is 0 Å². The zero-order valence-corrected chi connectivity index (χ0v) is 13.3. The maximum absolute atomic E-state index is 4.44. The number of anilines is 1. The zero-order valence-electron chi connectivity index (χ0n) is 11.8. The number of rotatable bonds is 4. The molecule has 0 saturated heterocycles. The van der Waals surface area contributed by atoms with Crippen LogP contribution in [0, 0.1) is 6.92 Å². The molecule has 0 bridgehead atoms. The van der Waals surface area contributed by atoms with Gasteiger partial charge in [0.05, 0.1) is 18.4 Å². The van der Waals surface area contributed by atoms with Crippen LogP contribution in [-0.4, -0.2) is 9.55 Å². The molecule has 1 heterocycles. The number of benzene rings is 2. The molecule has 0 unspecified atom stereocenters. The van der Waals surface area contributed by atoms with Gasteiger partial charge in [-0.3, -0.25) is 4.57 Å². The first kappa shape index (κ1) is 13.9. The first-order valence-electron chi connectivity index (χ1n) is 6.83. The van der Waals surface area contributed by atoms with Crippen LogP contribution in [0.3, 0.4) is 0 Å². The lowest BCUT2D eigenvalue weighted by atomic mass is 10.3. The Morgan fingerprint density at radius 2 is 1.76 bits per heavy atom. The molecule has 0 aliphatic rings. The van der Waals surface area contributed by atoms with E-state index in [1.807, 2.05) is 49.5 Å². The molecule has 0 radical (unpaired) electrons. The maximum Gasteiger partial charge on any atom is 0.110 e. The van der Waals surface area contributed by atoms with Crippen LogP contribution in [0.2, 0.25) is 0 Å². The van der Waals surface area contributed by atoms with E-state index < -0.39 is 0 Å². The summed E-state index contributed by atoms with van der Waals surface area (Å²) in [5.74, 6) is 0.991. The van der Waals surface area contributed by atoms with E-state index in [1.54, 1.807) is 0 Å². The SMILES string of the molecule is Cc1ncc(CNc2ccccc2Br)n1-c1ccccc1. The van der Waals surface area contributed by atoms with Crippen LogP contribution in [-0.2, 0) is 6.54 Å². The second-order valence-corrected chi connectivity index (χ2v) is 5.66. The van der Waals surface area contributed by atoms with Gasteiger partial charge in [-0.15, -0.1) is 0 Å². The summed E-state index contributed by atoms with van der Waals surface area (Å²) in [5, 5.41) is 3.45. The molecule has 0 saturated carbocycles. The summed E-state index contributed by atoms with van der Waals surface area (Å²) in [5.41, 5.74) is 3.35. The fraction of sp³-hybridized carbons (Fsp3) is 0.118. The first-order chi connectivity index (χ1) is 10.3. The Bertz CT molecular complexity index is 735. The molecule has 0 spiro atoms. The van der Waals surface area contributed by atoms with Gasteiger partial charge in [0, 0.05) is 15.8 Å². The zero-order chi connectivity index (χ0) is 14.7. The van der Waals surface area contributed by atoms with E-state index >= 15 is 0 Å². The number of hydrogen-bond acceptors (Lipinski definition) is 2. The summed E-state index contributed by atoms with van der Waals surface area (Å²) in [6, 6.07) is 18.4. The van der Waals surface area contributed by atoms with Crippen molar-refractivity contribution in [2.75, 3.05) is 5.32 Å². The molecule has 1 N–H and O–H groups in total. The summed E-state index contributed by atoms with van der Waals surface area (Å²) in [7, 11) is 0. The monoisotopic (exact) mass is 341 g/mol. The van der Waals surface area contributed by atoms with Gasteiger partial charge in [0.25, 0.3) is 0 Å². The van der Waals surface area contributed by atoms with E-state index in [4.69, 9.17) is 0 Å². The van der Waals surface area contributed by atoms with Gasteiger partial charge in [0.1, 0.15) is 5.82 Å². The van der Waals surface area contributed by atoms with E-state index in [-0.39, 0.29) is 0 Å². The molecule has 3 rings (SSSR count). The third kappa shape index (κ3) is 3.00. The van der Waals surface area contributed by atoms with E-state index in [9.17, 15) is 0 Å². The Morgan fingerprint density at radius 3 is 2.52 bits per heavy atom. The number of aryl methyl sites for hydroxylation is 1. The third-order valence-electron chi connectivity index (χ3n) is 3.36. The van der Waals surface area contributed by atoms with Crippen LogP contribution in [0.25, 0.3) is 5.69 Å². The number of halogens is 1. The van der Waals surface area contributed by atoms with E-state index in [1.165, 1.54) is 0 Å². The molecular formula is C17H16BrN3. The molecule has 0 aliphatic heterocycles. The third-order valence-corrected chi connectivity index (χ3v) is 4.05. The van der Waals surface area contributed by atoms with Gasteiger partial charge in [0.15, 0.2) is 0 Å². The summed E-state index contributed by atoms with van der Waals surface area (Å²) in [6.07, 6.45) is 1.92. The lowest BCUT2D eigenvalue weighted by Crippen LogP contribution is -2.07. The van der Waals surface area contributed by atoms with Gasteiger partial charge in [-0.2, -0.15) is 0 Å². The van der Waals surface area contributed by atoms with Crippen molar-refractivity contribution >= 4 is 21.6 Å². The molecule has 3 aromatic rings. The minimum atomic E-state index is 0.721. The molecule has 0 aliphatic carbocycles. The Labute approximate surface area is 132 Å². The Morgan fingerprint density at radius 1 is 1.05 bits per heavy atom. The van der Waals surface area contributed by atoms with Crippen LogP contribution in [0.1, 0.15) is 11.5 Å². The number of nitrogens with one attached hydrogen (secondary N) is 1. The van der Waals surface area contributed by atoms with Crippen LogP contribution < -0.4 is 5.32 Å². The number of nitrogens with zero attached hydrogens (tertiary/aromatic N) is 2. The number of para-hydroxylation sites is 2. The van der Waals surface area contributed by atoms with Crippen molar-refractivity contribution in [3.05, 3.63) is 76.8 Å².